The fourth-order valence-corrected chi connectivity index (χ4v) is 2.46. The van der Waals surface area contributed by atoms with Crippen LogP contribution in [0.4, 0.5) is 0 Å². The fourth-order valence-electron chi connectivity index (χ4n) is 2.46. The zero-order valence-electron chi connectivity index (χ0n) is 16.5. The van der Waals surface area contributed by atoms with Crippen molar-refractivity contribution in [2.45, 2.75) is 6.10 Å². The molecule has 0 radical (unpaired) electrons. The monoisotopic (exact) mass is 394 g/mol. The Bertz CT molecular complexity index is 917. The summed E-state index contributed by atoms with van der Waals surface area (Å²) in [6, 6.07) is 15.7. The maximum Gasteiger partial charge on any atom is 0.331 e. The van der Waals surface area contributed by atoms with E-state index in [4.69, 9.17) is 19.5 Å². The van der Waals surface area contributed by atoms with Crippen LogP contribution in [0.15, 0.2) is 54.6 Å². The predicted octanol–water partition coefficient (Wildman–Crippen LogP) is 2.98. The van der Waals surface area contributed by atoms with E-state index in [0.29, 0.717) is 22.6 Å². The van der Waals surface area contributed by atoms with E-state index in [2.05, 4.69) is 0 Å². The van der Waals surface area contributed by atoms with Crippen LogP contribution < -0.4 is 9.47 Å². The molecule has 0 saturated carbocycles. The van der Waals surface area contributed by atoms with Gasteiger partial charge < -0.3 is 19.1 Å². The van der Waals surface area contributed by atoms with Gasteiger partial charge in [-0.3, -0.25) is 4.79 Å². The van der Waals surface area contributed by atoms with Crippen LogP contribution in [0.2, 0.25) is 0 Å². The highest BCUT2D eigenvalue weighted by Crippen LogP contribution is 2.28. The topological polar surface area (TPSA) is 88.9 Å². The van der Waals surface area contributed by atoms with E-state index in [1.807, 2.05) is 12.1 Å². The van der Waals surface area contributed by atoms with Crippen molar-refractivity contribution in [3.05, 3.63) is 65.7 Å². The Morgan fingerprint density at radius 2 is 1.86 bits per heavy atom. The third-order valence-electron chi connectivity index (χ3n) is 3.89. The van der Waals surface area contributed by atoms with Crippen molar-refractivity contribution >= 4 is 18.0 Å². The Labute approximate surface area is 169 Å². The molecule has 0 N–H and O–H groups in total. The molecule has 2 aromatic rings. The molecular weight excluding hydrogens is 372 g/mol. The summed E-state index contributed by atoms with van der Waals surface area (Å²) in [7, 11) is 4.68. The normalized spacial score (nSPS) is 11.4. The number of ether oxygens (including phenoxy) is 3. The van der Waals surface area contributed by atoms with E-state index in [0.717, 1.165) is 0 Å². The van der Waals surface area contributed by atoms with Crippen molar-refractivity contribution in [1.29, 1.82) is 5.26 Å². The minimum absolute atomic E-state index is 0.0986. The van der Waals surface area contributed by atoms with Crippen LogP contribution in [0.5, 0.6) is 11.5 Å². The highest BCUT2D eigenvalue weighted by molar-refractivity contribution is 5.91. The maximum atomic E-state index is 12.4. The molecule has 7 heteroatoms. The number of esters is 1. The molecule has 0 unspecified atom stereocenters. The standard InChI is InChI=1S/C22H22N2O5/c1-24(2)22(26)21(17-7-5-4-6-8-17)29-20(25)12-10-16-9-11-18(28-14-13-23)19(15-16)27-3/h4-12,15,21H,14H2,1-3H3/b12-10+/t21-/m1/s1. The maximum absolute atomic E-state index is 12.4. The first-order valence-electron chi connectivity index (χ1n) is 8.79. The third-order valence-corrected chi connectivity index (χ3v) is 3.89. The second-order valence-corrected chi connectivity index (χ2v) is 6.15. The molecule has 1 atom stereocenters. The van der Waals surface area contributed by atoms with Gasteiger partial charge in [0.05, 0.1) is 7.11 Å². The van der Waals surface area contributed by atoms with E-state index in [1.165, 1.54) is 18.1 Å². The molecule has 0 spiro atoms. The van der Waals surface area contributed by atoms with Crippen molar-refractivity contribution in [1.82, 2.24) is 4.90 Å². The molecule has 0 heterocycles. The van der Waals surface area contributed by atoms with Gasteiger partial charge in [0.1, 0.15) is 6.07 Å². The lowest BCUT2D eigenvalue weighted by Crippen LogP contribution is -2.30. The van der Waals surface area contributed by atoms with Gasteiger partial charge in [-0.05, 0) is 23.8 Å². The molecule has 0 saturated heterocycles. The second-order valence-electron chi connectivity index (χ2n) is 6.15. The Morgan fingerprint density at radius 3 is 2.48 bits per heavy atom. The molecule has 0 aromatic heterocycles. The van der Waals surface area contributed by atoms with Crippen molar-refractivity contribution in [2.24, 2.45) is 0 Å². The Morgan fingerprint density at radius 1 is 1.14 bits per heavy atom. The first kappa shape index (κ1) is 21.5. The Balaban J connectivity index is 2.14. The summed E-state index contributed by atoms with van der Waals surface area (Å²) in [6.45, 7) is -0.0986. The number of methoxy groups -OCH3 is 1. The lowest BCUT2D eigenvalue weighted by atomic mass is 10.1. The summed E-state index contributed by atoms with van der Waals surface area (Å²) in [5, 5.41) is 8.61. The minimum atomic E-state index is -1.03. The average Bonchev–Trinajstić information content (AvgIpc) is 2.74. The summed E-state index contributed by atoms with van der Waals surface area (Å²) in [5.74, 6) is -0.133. The summed E-state index contributed by atoms with van der Waals surface area (Å²) >= 11 is 0. The van der Waals surface area contributed by atoms with E-state index < -0.39 is 12.1 Å². The number of hydrogen-bond acceptors (Lipinski definition) is 6. The molecule has 29 heavy (non-hydrogen) atoms. The minimum Gasteiger partial charge on any atom is -0.493 e. The summed E-state index contributed by atoms with van der Waals surface area (Å²) in [5.41, 5.74) is 1.26. The number of rotatable bonds is 8. The SMILES string of the molecule is COc1cc(/C=C/C(=O)O[C@@H](C(=O)N(C)C)c2ccccc2)ccc1OCC#N. The molecule has 0 aliphatic heterocycles. The van der Waals surface area contributed by atoms with Gasteiger partial charge in [-0.15, -0.1) is 0 Å². The van der Waals surface area contributed by atoms with E-state index >= 15 is 0 Å². The largest absolute Gasteiger partial charge is 0.493 e. The van der Waals surface area contributed by atoms with Crippen LogP contribution in [0.1, 0.15) is 17.2 Å². The number of likely N-dealkylation sites (N-methyl/N-ethyl adjacent to an activating group) is 1. The quantitative estimate of drug-likeness (QED) is 0.505. The summed E-state index contributed by atoms with van der Waals surface area (Å²) in [4.78, 5) is 26.1. The summed E-state index contributed by atoms with van der Waals surface area (Å²) < 4.78 is 15.9. The van der Waals surface area contributed by atoms with Gasteiger partial charge >= 0.3 is 5.97 Å². The predicted molar refractivity (Wildman–Crippen MR) is 107 cm³/mol. The highest BCUT2D eigenvalue weighted by atomic mass is 16.5. The van der Waals surface area contributed by atoms with E-state index in [1.54, 1.807) is 62.6 Å². The number of nitrogens with zero attached hydrogens (tertiary/aromatic N) is 2. The number of amides is 1. The second kappa shape index (κ2) is 10.5. The van der Waals surface area contributed by atoms with Gasteiger partial charge in [0.25, 0.3) is 5.91 Å². The van der Waals surface area contributed by atoms with Gasteiger partial charge in [-0.1, -0.05) is 36.4 Å². The number of benzene rings is 2. The molecule has 2 aromatic carbocycles. The van der Waals surface area contributed by atoms with Crippen LogP contribution in [-0.2, 0) is 14.3 Å². The number of nitriles is 1. The first-order valence-corrected chi connectivity index (χ1v) is 8.79. The van der Waals surface area contributed by atoms with Gasteiger partial charge in [-0.2, -0.15) is 5.26 Å². The van der Waals surface area contributed by atoms with Crippen molar-refractivity contribution in [3.63, 3.8) is 0 Å². The highest BCUT2D eigenvalue weighted by Gasteiger charge is 2.25. The molecule has 1 amide bonds. The average molecular weight is 394 g/mol. The molecular formula is C22H22N2O5. The van der Waals surface area contributed by atoms with E-state index in [9.17, 15) is 9.59 Å². The van der Waals surface area contributed by atoms with Crippen LogP contribution in [0.3, 0.4) is 0 Å². The fraction of sp³-hybridized carbons (Fsp3) is 0.227. The smallest absolute Gasteiger partial charge is 0.331 e. The third kappa shape index (κ3) is 6.11. The van der Waals surface area contributed by atoms with Crippen LogP contribution in [0, 0.1) is 11.3 Å². The molecule has 0 bridgehead atoms. The molecule has 7 nitrogen and oxygen atoms in total. The zero-order valence-corrected chi connectivity index (χ0v) is 16.5. The number of carbonyl (C=O) groups is 2. The van der Waals surface area contributed by atoms with Gasteiger partial charge in [0, 0.05) is 25.7 Å². The van der Waals surface area contributed by atoms with Crippen molar-refractivity contribution < 1.29 is 23.8 Å². The van der Waals surface area contributed by atoms with E-state index in [-0.39, 0.29) is 12.5 Å². The van der Waals surface area contributed by atoms with Crippen LogP contribution in [0.25, 0.3) is 6.08 Å². The molecule has 0 aliphatic rings. The Hall–Kier alpha value is -3.79. The number of hydrogen-bond donors (Lipinski definition) is 0. The van der Waals surface area contributed by atoms with Crippen molar-refractivity contribution in [2.75, 3.05) is 27.8 Å². The van der Waals surface area contributed by atoms with Gasteiger partial charge in [0.15, 0.2) is 18.1 Å². The zero-order chi connectivity index (χ0) is 21.2. The van der Waals surface area contributed by atoms with Crippen LogP contribution in [-0.4, -0.2) is 44.6 Å². The van der Waals surface area contributed by atoms with Gasteiger partial charge in [0.2, 0.25) is 6.10 Å². The molecule has 2 rings (SSSR count). The lowest BCUT2D eigenvalue weighted by Gasteiger charge is -2.20. The Kier molecular flexibility index (Phi) is 7.80. The summed E-state index contributed by atoms with van der Waals surface area (Å²) in [6.07, 6.45) is 1.75. The molecule has 0 fully saturated rings. The number of carbonyl (C=O) groups excluding carboxylic acids is 2. The lowest BCUT2D eigenvalue weighted by molar-refractivity contribution is -0.155. The van der Waals surface area contributed by atoms with Crippen molar-refractivity contribution in [3.8, 4) is 17.6 Å². The van der Waals surface area contributed by atoms with Gasteiger partial charge in [-0.25, -0.2) is 4.79 Å². The first-order chi connectivity index (χ1) is 14.0. The molecule has 150 valence electrons. The molecule has 0 aliphatic carbocycles. The van der Waals surface area contributed by atoms with Crippen LogP contribution >= 0.6 is 0 Å².